The molecule has 7 nitrogen and oxygen atoms in total. The second-order valence-electron chi connectivity index (χ2n) is 5.75. The van der Waals surface area contributed by atoms with Gasteiger partial charge in [0.15, 0.2) is 0 Å². The summed E-state index contributed by atoms with van der Waals surface area (Å²) in [5.41, 5.74) is 1.52. The first-order valence-electron chi connectivity index (χ1n) is 7.61. The molecule has 0 spiro atoms. The van der Waals surface area contributed by atoms with Crippen LogP contribution in [0.25, 0.3) is 0 Å². The van der Waals surface area contributed by atoms with Crippen LogP contribution in [0.1, 0.15) is 27.0 Å². The van der Waals surface area contributed by atoms with Crippen molar-refractivity contribution in [3.05, 3.63) is 74.8 Å². The number of carbonyl (C=O) groups excluding carboxylic acids is 2. The third-order valence-corrected chi connectivity index (χ3v) is 3.81. The van der Waals surface area contributed by atoms with Gasteiger partial charge in [0.25, 0.3) is 11.6 Å². The lowest BCUT2D eigenvalue weighted by Crippen LogP contribution is -2.49. The van der Waals surface area contributed by atoms with E-state index in [4.69, 9.17) is 0 Å². The van der Waals surface area contributed by atoms with Crippen LogP contribution in [0.4, 0.5) is 5.69 Å². The van der Waals surface area contributed by atoms with Crippen LogP contribution in [0.5, 0.6) is 0 Å². The number of nitrogens with zero attached hydrogens (tertiary/aromatic N) is 1. The fourth-order valence-corrected chi connectivity index (χ4v) is 2.66. The second-order valence-corrected chi connectivity index (χ2v) is 5.75. The average molecular weight is 341 g/mol. The van der Waals surface area contributed by atoms with Crippen LogP contribution < -0.4 is 10.4 Å². The van der Waals surface area contributed by atoms with Crippen molar-refractivity contribution in [3.63, 3.8) is 0 Å². The van der Waals surface area contributed by atoms with Gasteiger partial charge in [-0.25, -0.2) is 0 Å². The number of aliphatic carboxylic acids is 1. The van der Waals surface area contributed by atoms with Gasteiger partial charge in [-0.05, 0) is 38.0 Å². The molecule has 0 unspecified atom stereocenters. The Bertz CT molecular complexity index is 794. The SMILES string of the molecule is Cc1cc(C(=O)N[C@@H](Cc2ccccc2)C(=O)[O-])cc(C)c1[N+](=O)[O-]. The summed E-state index contributed by atoms with van der Waals surface area (Å²) < 4.78 is 0. The minimum atomic E-state index is -1.40. The summed E-state index contributed by atoms with van der Waals surface area (Å²) >= 11 is 0. The fourth-order valence-electron chi connectivity index (χ4n) is 2.66. The maximum Gasteiger partial charge on any atom is 0.275 e. The Morgan fingerprint density at radius 3 is 2.16 bits per heavy atom. The molecule has 0 aliphatic carbocycles. The highest BCUT2D eigenvalue weighted by molar-refractivity contribution is 5.97. The van der Waals surface area contributed by atoms with Gasteiger partial charge in [-0.3, -0.25) is 14.9 Å². The highest BCUT2D eigenvalue weighted by Gasteiger charge is 2.20. The van der Waals surface area contributed by atoms with Crippen molar-refractivity contribution in [2.24, 2.45) is 0 Å². The molecule has 1 atom stereocenters. The number of nitro groups is 1. The van der Waals surface area contributed by atoms with Gasteiger partial charge in [0.2, 0.25) is 0 Å². The van der Waals surface area contributed by atoms with E-state index in [0.717, 1.165) is 5.56 Å². The Kier molecular flexibility index (Phi) is 5.49. The molecule has 0 heterocycles. The summed E-state index contributed by atoms with van der Waals surface area (Å²) in [5, 5.41) is 24.8. The molecule has 0 fully saturated rings. The van der Waals surface area contributed by atoms with Crippen molar-refractivity contribution in [2.75, 3.05) is 0 Å². The Morgan fingerprint density at radius 2 is 1.68 bits per heavy atom. The third-order valence-electron chi connectivity index (χ3n) is 3.81. The quantitative estimate of drug-likeness (QED) is 0.628. The molecule has 1 N–H and O–H groups in total. The van der Waals surface area contributed by atoms with E-state index in [0.29, 0.717) is 11.1 Å². The smallest absolute Gasteiger partial charge is 0.275 e. The maximum absolute atomic E-state index is 12.4. The second kappa shape index (κ2) is 7.57. The van der Waals surface area contributed by atoms with Gasteiger partial charge in [0.1, 0.15) is 0 Å². The van der Waals surface area contributed by atoms with Gasteiger partial charge >= 0.3 is 0 Å². The minimum absolute atomic E-state index is 0.0581. The highest BCUT2D eigenvalue weighted by Crippen LogP contribution is 2.24. The van der Waals surface area contributed by atoms with Crippen LogP contribution in [-0.4, -0.2) is 22.8 Å². The molecule has 0 aliphatic rings. The molecule has 7 heteroatoms. The van der Waals surface area contributed by atoms with Gasteiger partial charge in [0.05, 0.1) is 16.9 Å². The molecular formula is C18H17N2O5-. The predicted octanol–water partition coefficient (Wildman–Crippen LogP) is 1.30. The van der Waals surface area contributed by atoms with Crippen LogP contribution in [0, 0.1) is 24.0 Å². The molecule has 25 heavy (non-hydrogen) atoms. The maximum atomic E-state index is 12.4. The molecule has 2 aromatic rings. The standard InChI is InChI=1S/C18H18N2O5/c1-11-8-14(9-12(2)16(11)20(24)25)17(21)19-15(18(22)23)10-13-6-4-3-5-7-13/h3-9,15H,10H2,1-2H3,(H,19,21)(H,22,23)/p-1/t15-/m0/s1. The summed E-state index contributed by atoms with van der Waals surface area (Å²) in [5.74, 6) is -2.02. The lowest BCUT2D eigenvalue weighted by molar-refractivity contribution is -0.386. The number of aryl methyl sites for hydroxylation is 2. The monoisotopic (exact) mass is 341 g/mol. The summed E-state index contributed by atoms with van der Waals surface area (Å²) in [6.45, 7) is 3.06. The number of nitrogens with one attached hydrogen (secondary N) is 1. The summed E-state index contributed by atoms with van der Waals surface area (Å²) in [6, 6.07) is 10.4. The Hall–Kier alpha value is -3.22. The van der Waals surface area contributed by atoms with Crippen molar-refractivity contribution >= 4 is 17.6 Å². The van der Waals surface area contributed by atoms with Gasteiger partial charge in [-0.1, -0.05) is 30.3 Å². The van der Waals surface area contributed by atoms with Crippen LogP contribution in [0.15, 0.2) is 42.5 Å². The summed E-state index contributed by atoms with van der Waals surface area (Å²) in [6.07, 6.45) is 0.0832. The molecule has 130 valence electrons. The Morgan fingerprint density at radius 1 is 1.12 bits per heavy atom. The molecular weight excluding hydrogens is 324 g/mol. The summed E-state index contributed by atoms with van der Waals surface area (Å²) in [4.78, 5) is 34.2. The van der Waals surface area contributed by atoms with E-state index in [1.54, 1.807) is 30.3 Å². The molecule has 0 radical (unpaired) electrons. The minimum Gasteiger partial charge on any atom is -0.548 e. The number of benzene rings is 2. The van der Waals surface area contributed by atoms with Gasteiger partial charge in [-0.15, -0.1) is 0 Å². The Balaban J connectivity index is 2.21. The zero-order valence-corrected chi connectivity index (χ0v) is 13.8. The lowest BCUT2D eigenvalue weighted by Gasteiger charge is -2.20. The van der Waals surface area contributed by atoms with Crippen LogP contribution in [0.2, 0.25) is 0 Å². The zero-order valence-electron chi connectivity index (χ0n) is 13.8. The van der Waals surface area contributed by atoms with Gasteiger partial charge in [0, 0.05) is 16.7 Å². The predicted molar refractivity (Wildman–Crippen MR) is 89.0 cm³/mol. The highest BCUT2D eigenvalue weighted by atomic mass is 16.6. The number of carboxylic acids is 1. The van der Waals surface area contributed by atoms with E-state index in [2.05, 4.69) is 5.32 Å². The van der Waals surface area contributed by atoms with E-state index in [1.165, 1.54) is 26.0 Å². The fraction of sp³-hybridized carbons (Fsp3) is 0.222. The molecule has 2 rings (SSSR count). The number of nitro benzene ring substituents is 1. The molecule has 0 saturated carbocycles. The normalized spacial score (nSPS) is 11.6. The van der Waals surface area contributed by atoms with Crippen LogP contribution >= 0.6 is 0 Å². The van der Waals surface area contributed by atoms with Crippen molar-refractivity contribution in [2.45, 2.75) is 26.3 Å². The number of hydrogen-bond acceptors (Lipinski definition) is 5. The van der Waals surface area contributed by atoms with Gasteiger partial charge < -0.3 is 15.2 Å². The zero-order chi connectivity index (χ0) is 18.6. The van der Waals surface area contributed by atoms with E-state index < -0.39 is 22.8 Å². The van der Waals surface area contributed by atoms with E-state index >= 15 is 0 Å². The van der Waals surface area contributed by atoms with E-state index in [1.807, 2.05) is 0 Å². The number of amides is 1. The molecule has 0 aliphatic heterocycles. The number of hydrogen-bond donors (Lipinski definition) is 1. The largest absolute Gasteiger partial charge is 0.548 e. The third kappa shape index (κ3) is 4.41. The van der Waals surface area contributed by atoms with Crippen molar-refractivity contribution in [1.29, 1.82) is 0 Å². The topological polar surface area (TPSA) is 112 Å². The molecule has 0 bridgehead atoms. The molecule has 0 saturated heterocycles. The van der Waals surface area contributed by atoms with Crippen LogP contribution in [0.3, 0.4) is 0 Å². The Labute approximate surface area is 144 Å². The van der Waals surface area contributed by atoms with Crippen molar-refractivity contribution in [1.82, 2.24) is 5.32 Å². The average Bonchev–Trinajstić information content (AvgIpc) is 2.53. The molecule has 0 aromatic heterocycles. The first-order chi connectivity index (χ1) is 11.8. The number of carboxylic acid groups (broad SMARTS) is 1. The lowest BCUT2D eigenvalue weighted by atomic mass is 10.0. The molecule has 2 aromatic carbocycles. The number of carbonyl (C=O) groups is 2. The van der Waals surface area contributed by atoms with Crippen LogP contribution in [-0.2, 0) is 11.2 Å². The first kappa shape index (κ1) is 18.1. The van der Waals surface area contributed by atoms with E-state index in [9.17, 15) is 24.8 Å². The summed E-state index contributed by atoms with van der Waals surface area (Å²) in [7, 11) is 0. The van der Waals surface area contributed by atoms with Gasteiger partial charge in [-0.2, -0.15) is 0 Å². The van der Waals surface area contributed by atoms with Crippen molar-refractivity contribution < 1.29 is 19.6 Å². The van der Waals surface area contributed by atoms with E-state index in [-0.39, 0.29) is 17.7 Å². The molecule has 1 amide bonds. The number of rotatable bonds is 6. The first-order valence-corrected chi connectivity index (χ1v) is 7.61. The van der Waals surface area contributed by atoms with Crippen molar-refractivity contribution in [3.8, 4) is 0 Å².